The van der Waals surface area contributed by atoms with Gasteiger partial charge >= 0.3 is 0 Å². The van der Waals surface area contributed by atoms with E-state index in [9.17, 15) is 4.79 Å². The summed E-state index contributed by atoms with van der Waals surface area (Å²) in [7, 11) is 0. The average Bonchev–Trinajstić information content (AvgIpc) is 2.76. The van der Waals surface area contributed by atoms with E-state index in [-0.39, 0.29) is 0 Å². The minimum absolute atomic E-state index is 0.393. The maximum atomic E-state index is 12.7. The molecule has 2 saturated carbocycles. The summed E-state index contributed by atoms with van der Waals surface area (Å²) < 4.78 is 0. The highest BCUT2D eigenvalue weighted by Gasteiger charge is 2.33. The topological polar surface area (TPSA) is 46.3 Å². The van der Waals surface area contributed by atoms with E-state index in [4.69, 9.17) is 5.73 Å². The van der Waals surface area contributed by atoms with E-state index in [0.717, 1.165) is 25.9 Å². The van der Waals surface area contributed by atoms with Crippen molar-refractivity contribution in [3.63, 3.8) is 0 Å². The van der Waals surface area contributed by atoms with Gasteiger partial charge in [-0.1, -0.05) is 32.1 Å². The number of amides is 1. The minimum atomic E-state index is 0.393. The molecule has 3 heteroatoms. The normalized spacial score (nSPS) is 28.3. The van der Waals surface area contributed by atoms with Gasteiger partial charge in [0.2, 0.25) is 5.91 Å². The lowest BCUT2D eigenvalue weighted by molar-refractivity contribution is -0.135. The molecule has 2 fully saturated rings. The molecule has 2 aliphatic rings. The molecule has 2 rings (SSSR count). The lowest BCUT2D eigenvalue weighted by atomic mass is 9.94. The monoisotopic (exact) mass is 280 g/mol. The molecule has 0 saturated heterocycles. The van der Waals surface area contributed by atoms with E-state index in [2.05, 4.69) is 11.8 Å². The molecule has 0 aliphatic heterocycles. The molecule has 116 valence electrons. The Hall–Kier alpha value is -0.570. The number of rotatable bonds is 5. The fourth-order valence-corrected chi connectivity index (χ4v) is 4.23. The SMILES string of the molecule is CCN(C(=O)CC1CCCCCC1)C1CCCC1CN. The van der Waals surface area contributed by atoms with Crippen LogP contribution in [0.25, 0.3) is 0 Å². The Kier molecular flexibility index (Phi) is 6.34. The summed E-state index contributed by atoms with van der Waals surface area (Å²) in [5, 5.41) is 0. The smallest absolute Gasteiger partial charge is 0.223 e. The summed E-state index contributed by atoms with van der Waals surface area (Å²) in [6.07, 6.45) is 12.3. The van der Waals surface area contributed by atoms with Crippen molar-refractivity contribution in [2.75, 3.05) is 13.1 Å². The second-order valence-electron chi connectivity index (χ2n) is 6.74. The second-order valence-corrected chi connectivity index (χ2v) is 6.74. The predicted molar refractivity (Wildman–Crippen MR) is 83.4 cm³/mol. The minimum Gasteiger partial charge on any atom is -0.340 e. The summed E-state index contributed by atoms with van der Waals surface area (Å²) in [6.45, 7) is 3.71. The van der Waals surface area contributed by atoms with Gasteiger partial charge in [0.1, 0.15) is 0 Å². The van der Waals surface area contributed by atoms with Gasteiger partial charge in [-0.2, -0.15) is 0 Å². The van der Waals surface area contributed by atoms with Gasteiger partial charge in [0.05, 0.1) is 0 Å². The van der Waals surface area contributed by atoms with Crippen molar-refractivity contribution in [1.29, 1.82) is 0 Å². The van der Waals surface area contributed by atoms with Crippen molar-refractivity contribution in [3.05, 3.63) is 0 Å². The zero-order valence-electron chi connectivity index (χ0n) is 13.2. The number of nitrogens with two attached hydrogens (primary N) is 1. The zero-order valence-corrected chi connectivity index (χ0v) is 13.2. The van der Waals surface area contributed by atoms with Crippen LogP contribution in [0, 0.1) is 11.8 Å². The fourth-order valence-electron chi connectivity index (χ4n) is 4.23. The summed E-state index contributed by atoms with van der Waals surface area (Å²) in [6, 6.07) is 0.420. The quantitative estimate of drug-likeness (QED) is 0.785. The first-order valence-electron chi connectivity index (χ1n) is 8.75. The molecule has 2 atom stereocenters. The van der Waals surface area contributed by atoms with Crippen molar-refractivity contribution in [2.24, 2.45) is 17.6 Å². The molecule has 20 heavy (non-hydrogen) atoms. The van der Waals surface area contributed by atoms with Gasteiger partial charge in [0, 0.05) is 19.0 Å². The van der Waals surface area contributed by atoms with E-state index >= 15 is 0 Å². The molecule has 0 aromatic carbocycles. The second kappa shape index (κ2) is 8.02. The summed E-state index contributed by atoms with van der Waals surface area (Å²) in [5.41, 5.74) is 5.88. The van der Waals surface area contributed by atoms with E-state index in [1.54, 1.807) is 0 Å². The molecule has 0 aromatic rings. The Balaban J connectivity index is 1.90. The zero-order chi connectivity index (χ0) is 14.4. The standard InChI is InChI=1S/C17H32N2O/c1-2-19(16-11-7-10-15(16)13-18)17(20)12-14-8-5-3-4-6-9-14/h14-16H,2-13,18H2,1H3. The molecule has 1 amide bonds. The highest BCUT2D eigenvalue weighted by Crippen LogP contribution is 2.31. The third-order valence-electron chi connectivity index (χ3n) is 5.42. The average molecular weight is 280 g/mol. The van der Waals surface area contributed by atoms with E-state index in [1.807, 2.05) is 0 Å². The van der Waals surface area contributed by atoms with Crippen LogP contribution in [-0.2, 0) is 4.79 Å². The van der Waals surface area contributed by atoms with Gasteiger partial charge in [-0.3, -0.25) is 4.79 Å². The van der Waals surface area contributed by atoms with Crippen molar-refractivity contribution in [2.45, 2.75) is 77.2 Å². The molecule has 2 N–H and O–H groups in total. The molecule has 2 aliphatic carbocycles. The number of carbonyl (C=O) groups is 1. The molecule has 2 unspecified atom stereocenters. The maximum absolute atomic E-state index is 12.7. The van der Waals surface area contributed by atoms with Crippen LogP contribution in [0.4, 0.5) is 0 Å². The van der Waals surface area contributed by atoms with Gasteiger partial charge in [0.25, 0.3) is 0 Å². The summed E-state index contributed by atoms with van der Waals surface area (Å²) in [5.74, 6) is 1.56. The Morgan fingerprint density at radius 2 is 1.75 bits per heavy atom. The highest BCUT2D eigenvalue weighted by molar-refractivity contribution is 5.76. The molecule has 0 aromatic heterocycles. The van der Waals surface area contributed by atoms with Gasteiger partial charge in [-0.15, -0.1) is 0 Å². The molecular formula is C17H32N2O. The Morgan fingerprint density at radius 3 is 2.35 bits per heavy atom. The molecular weight excluding hydrogens is 248 g/mol. The number of nitrogens with zero attached hydrogens (tertiary/aromatic N) is 1. The first-order valence-corrected chi connectivity index (χ1v) is 8.75. The molecule has 0 radical (unpaired) electrons. The van der Waals surface area contributed by atoms with Crippen molar-refractivity contribution >= 4 is 5.91 Å². The van der Waals surface area contributed by atoms with Gasteiger partial charge in [-0.25, -0.2) is 0 Å². The summed E-state index contributed by atoms with van der Waals surface area (Å²) >= 11 is 0. The lowest BCUT2D eigenvalue weighted by Crippen LogP contribution is -2.44. The first-order chi connectivity index (χ1) is 9.76. The Bertz CT molecular complexity index is 297. The van der Waals surface area contributed by atoms with Crippen LogP contribution in [0.3, 0.4) is 0 Å². The van der Waals surface area contributed by atoms with Crippen molar-refractivity contribution in [1.82, 2.24) is 4.90 Å². The largest absolute Gasteiger partial charge is 0.340 e. The lowest BCUT2D eigenvalue weighted by Gasteiger charge is -2.33. The number of hydrogen-bond acceptors (Lipinski definition) is 2. The van der Waals surface area contributed by atoms with E-state index in [0.29, 0.717) is 23.8 Å². The van der Waals surface area contributed by atoms with Crippen molar-refractivity contribution < 1.29 is 4.79 Å². The van der Waals surface area contributed by atoms with E-state index < -0.39 is 0 Å². The van der Waals surface area contributed by atoms with Crippen LogP contribution < -0.4 is 5.73 Å². The van der Waals surface area contributed by atoms with Crippen LogP contribution in [-0.4, -0.2) is 29.9 Å². The Labute approximate surface area is 124 Å². The van der Waals surface area contributed by atoms with Crippen molar-refractivity contribution in [3.8, 4) is 0 Å². The number of hydrogen-bond donors (Lipinski definition) is 1. The third-order valence-corrected chi connectivity index (χ3v) is 5.42. The Morgan fingerprint density at radius 1 is 1.05 bits per heavy atom. The molecule has 0 heterocycles. The van der Waals surface area contributed by atoms with Crippen LogP contribution in [0.1, 0.15) is 71.1 Å². The van der Waals surface area contributed by atoms with Crippen LogP contribution in [0.15, 0.2) is 0 Å². The maximum Gasteiger partial charge on any atom is 0.223 e. The third kappa shape index (κ3) is 3.97. The van der Waals surface area contributed by atoms with Crippen LogP contribution >= 0.6 is 0 Å². The summed E-state index contributed by atoms with van der Waals surface area (Å²) in [4.78, 5) is 14.8. The van der Waals surface area contributed by atoms with Gasteiger partial charge < -0.3 is 10.6 Å². The molecule has 0 bridgehead atoms. The van der Waals surface area contributed by atoms with Crippen LogP contribution in [0.2, 0.25) is 0 Å². The molecule has 0 spiro atoms. The predicted octanol–water partition coefficient (Wildman–Crippen LogP) is 3.32. The highest BCUT2D eigenvalue weighted by atomic mass is 16.2. The number of carbonyl (C=O) groups excluding carboxylic acids is 1. The fraction of sp³-hybridized carbons (Fsp3) is 0.941. The van der Waals surface area contributed by atoms with E-state index in [1.165, 1.54) is 51.4 Å². The molecule has 3 nitrogen and oxygen atoms in total. The first kappa shape index (κ1) is 15.8. The van der Waals surface area contributed by atoms with Gasteiger partial charge in [0.15, 0.2) is 0 Å². The van der Waals surface area contributed by atoms with Gasteiger partial charge in [-0.05, 0) is 51.0 Å². The van der Waals surface area contributed by atoms with Crippen LogP contribution in [0.5, 0.6) is 0 Å².